The summed E-state index contributed by atoms with van der Waals surface area (Å²) in [6, 6.07) is 0.708. The Bertz CT molecular complexity index is 490. The summed E-state index contributed by atoms with van der Waals surface area (Å²) in [5.41, 5.74) is 5.71. The Morgan fingerprint density at radius 3 is 2.74 bits per heavy atom. The first-order valence-electron chi connectivity index (χ1n) is 5.87. The van der Waals surface area contributed by atoms with Crippen LogP contribution in [0.15, 0.2) is 12.3 Å². The average molecular weight is 266 g/mol. The molecule has 1 amide bonds. The fourth-order valence-corrected chi connectivity index (χ4v) is 1.54. The van der Waals surface area contributed by atoms with Crippen LogP contribution in [0.5, 0.6) is 0 Å². The highest BCUT2D eigenvalue weighted by Gasteiger charge is 2.19. The number of nitrogens with zero attached hydrogens (tertiary/aromatic N) is 2. The SMILES string of the molecule is CCN(C)C(=O)C(C)Nc1cnc(N)cc1C(=O)O. The Balaban J connectivity index is 2.93. The van der Waals surface area contributed by atoms with E-state index in [0.29, 0.717) is 6.54 Å². The van der Waals surface area contributed by atoms with Crippen molar-refractivity contribution in [3.8, 4) is 0 Å². The standard InChI is InChI=1S/C12H18N4O3/c1-4-16(3)11(17)7(2)15-9-6-14-10(13)5-8(9)12(18)19/h5-7,15H,4H2,1-3H3,(H2,13,14)(H,18,19). The normalized spacial score (nSPS) is 11.7. The molecule has 104 valence electrons. The van der Waals surface area contributed by atoms with Gasteiger partial charge in [-0.15, -0.1) is 0 Å². The first-order chi connectivity index (χ1) is 8.86. The molecule has 4 N–H and O–H groups in total. The summed E-state index contributed by atoms with van der Waals surface area (Å²) in [4.78, 5) is 28.4. The Morgan fingerprint density at radius 2 is 2.21 bits per heavy atom. The van der Waals surface area contributed by atoms with E-state index in [4.69, 9.17) is 10.8 Å². The zero-order valence-electron chi connectivity index (χ0n) is 11.2. The number of nitrogen functional groups attached to an aromatic ring is 1. The molecule has 1 atom stereocenters. The van der Waals surface area contributed by atoms with Gasteiger partial charge >= 0.3 is 5.97 Å². The zero-order valence-corrected chi connectivity index (χ0v) is 11.2. The van der Waals surface area contributed by atoms with Gasteiger partial charge in [-0.3, -0.25) is 4.79 Å². The molecule has 1 heterocycles. The summed E-state index contributed by atoms with van der Waals surface area (Å²) in [6.45, 7) is 4.10. The molecule has 7 nitrogen and oxygen atoms in total. The van der Waals surface area contributed by atoms with Crippen LogP contribution in [-0.4, -0.2) is 46.5 Å². The van der Waals surface area contributed by atoms with Gasteiger partial charge in [0.15, 0.2) is 0 Å². The monoisotopic (exact) mass is 266 g/mol. The van der Waals surface area contributed by atoms with Crippen molar-refractivity contribution in [1.82, 2.24) is 9.88 Å². The third kappa shape index (κ3) is 3.57. The Hall–Kier alpha value is -2.31. The Labute approximate surface area is 111 Å². The highest BCUT2D eigenvalue weighted by molar-refractivity contribution is 5.96. The molecule has 7 heteroatoms. The summed E-state index contributed by atoms with van der Waals surface area (Å²) < 4.78 is 0. The number of carbonyl (C=O) groups excluding carboxylic acids is 1. The van der Waals surface area contributed by atoms with E-state index in [0.717, 1.165) is 0 Å². The van der Waals surface area contributed by atoms with Crippen molar-refractivity contribution in [1.29, 1.82) is 0 Å². The number of hydrogen-bond acceptors (Lipinski definition) is 5. The lowest BCUT2D eigenvalue weighted by molar-refractivity contribution is -0.130. The van der Waals surface area contributed by atoms with Crippen LogP contribution in [0.3, 0.4) is 0 Å². The smallest absolute Gasteiger partial charge is 0.337 e. The minimum absolute atomic E-state index is 0.00805. The fourth-order valence-electron chi connectivity index (χ4n) is 1.54. The van der Waals surface area contributed by atoms with Crippen LogP contribution in [-0.2, 0) is 4.79 Å². The summed E-state index contributed by atoms with van der Waals surface area (Å²) >= 11 is 0. The fraction of sp³-hybridized carbons (Fsp3) is 0.417. The minimum atomic E-state index is -1.12. The molecule has 0 bridgehead atoms. The lowest BCUT2D eigenvalue weighted by atomic mass is 10.2. The van der Waals surface area contributed by atoms with E-state index in [1.54, 1.807) is 18.9 Å². The number of pyridine rings is 1. The molecule has 1 aromatic heterocycles. The van der Waals surface area contributed by atoms with Crippen LogP contribution in [0.25, 0.3) is 0 Å². The van der Waals surface area contributed by atoms with Gasteiger partial charge in [0.1, 0.15) is 11.9 Å². The van der Waals surface area contributed by atoms with Crippen LogP contribution in [0.1, 0.15) is 24.2 Å². The second-order valence-corrected chi connectivity index (χ2v) is 4.18. The predicted octanol–water partition coefficient (Wildman–Crippen LogP) is 0.641. The van der Waals surface area contributed by atoms with Gasteiger partial charge in [-0.2, -0.15) is 0 Å². The van der Waals surface area contributed by atoms with Crippen LogP contribution in [0.4, 0.5) is 11.5 Å². The second-order valence-electron chi connectivity index (χ2n) is 4.18. The van der Waals surface area contributed by atoms with Gasteiger partial charge in [0.2, 0.25) is 5.91 Å². The van der Waals surface area contributed by atoms with Gasteiger partial charge in [-0.25, -0.2) is 9.78 Å². The van der Waals surface area contributed by atoms with Crippen molar-refractivity contribution in [3.63, 3.8) is 0 Å². The Morgan fingerprint density at radius 1 is 1.58 bits per heavy atom. The summed E-state index contributed by atoms with van der Waals surface area (Å²) in [5.74, 6) is -1.14. The van der Waals surface area contributed by atoms with Crippen molar-refractivity contribution >= 4 is 23.4 Å². The molecule has 0 saturated heterocycles. The first kappa shape index (κ1) is 14.7. The maximum Gasteiger partial charge on any atom is 0.337 e. The number of likely N-dealkylation sites (N-methyl/N-ethyl adjacent to an activating group) is 1. The van der Waals surface area contributed by atoms with E-state index >= 15 is 0 Å². The van der Waals surface area contributed by atoms with Gasteiger partial charge < -0.3 is 21.1 Å². The lowest BCUT2D eigenvalue weighted by Crippen LogP contribution is -2.39. The molecule has 0 spiro atoms. The number of aromatic nitrogens is 1. The Kier molecular flexibility index (Phi) is 4.68. The van der Waals surface area contributed by atoms with Crippen LogP contribution >= 0.6 is 0 Å². The van der Waals surface area contributed by atoms with Crippen molar-refractivity contribution < 1.29 is 14.7 Å². The first-order valence-corrected chi connectivity index (χ1v) is 5.87. The molecule has 0 aliphatic carbocycles. The van der Waals surface area contributed by atoms with Crippen molar-refractivity contribution in [2.45, 2.75) is 19.9 Å². The van der Waals surface area contributed by atoms with Gasteiger partial charge in [0, 0.05) is 13.6 Å². The number of aromatic carboxylic acids is 1. The number of anilines is 2. The molecule has 0 aromatic carbocycles. The van der Waals surface area contributed by atoms with Gasteiger partial charge in [0.05, 0.1) is 17.4 Å². The number of carboxylic acids is 1. The average Bonchev–Trinajstić information content (AvgIpc) is 2.38. The van der Waals surface area contributed by atoms with E-state index < -0.39 is 12.0 Å². The molecule has 1 unspecified atom stereocenters. The lowest BCUT2D eigenvalue weighted by Gasteiger charge is -2.21. The molecule has 0 radical (unpaired) electrons. The number of carboxylic acid groups (broad SMARTS) is 1. The predicted molar refractivity (Wildman–Crippen MR) is 72.0 cm³/mol. The number of hydrogen-bond donors (Lipinski definition) is 3. The van der Waals surface area contributed by atoms with Crippen LogP contribution in [0.2, 0.25) is 0 Å². The largest absolute Gasteiger partial charge is 0.478 e. The van der Waals surface area contributed by atoms with Gasteiger partial charge in [-0.1, -0.05) is 0 Å². The molecule has 0 saturated carbocycles. The minimum Gasteiger partial charge on any atom is -0.478 e. The molecule has 0 fully saturated rings. The summed E-state index contributed by atoms with van der Waals surface area (Å²) in [7, 11) is 1.68. The third-order valence-corrected chi connectivity index (χ3v) is 2.75. The molecular formula is C12H18N4O3. The van der Waals surface area contributed by atoms with Gasteiger partial charge in [-0.05, 0) is 19.9 Å². The number of nitrogens with one attached hydrogen (secondary N) is 1. The highest BCUT2D eigenvalue weighted by Crippen LogP contribution is 2.17. The van der Waals surface area contributed by atoms with E-state index in [2.05, 4.69) is 10.3 Å². The van der Waals surface area contributed by atoms with Crippen molar-refractivity contribution in [2.75, 3.05) is 24.6 Å². The number of nitrogens with two attached hydrogens (primary N) is 1. The van der Waals surface area contributed by atoms with Crippen molar-refractivity contribution in [3.05, 3.63) is 17.8 Å². The molecular weight excluding hydrogens is 248 g/mol. The van der Waals surface area contributed by atoms with Gasteiger partial charge in [0.25, 0.3) is 0 Å². The molecule has 0 aliphatic rings. The van der Waals surface area contributed by atoms with Crippen LogP contribution in [0, 0.1) is 0 Å². The van der Waals surface area contributed by atoms with E-state index in [-0.39, 0.29) is 23.0 Å². The number of amides is 1. The molecule has 1 aromatic rings. The topological polar surface area (TPSA) is 109 Å². The zero-order chi connectivity index (χ0) is 14.6. The maximum atomic E-state index is 11.9. The highest BCUT2D eigenvalue weighted by atomic mass is 16.4. The second kappa shape index (κ2) is 6.03. The number of carbonyl (C=O) groups is 2. The van der Waals surface area contributed by atoms with E-state index in [9.17, 15) is 9.59 Å². The molecule has 19 heavy (non-hydrogen) atoms. The van der Waals surface area contributed by atoms with E-state index in [1.165, 1.54) is 12.3 Å². The van der Waals surface area contributed by atoms with Crippen molar-refractivity contribution in [2.24, 2.45) is 0 Å². The summed E-state index contributed by atoms with van der Waals surface area (Å²) in [6.07, 6.45) is 1.31. The number of rotatable bonds is 5. The van der Waals surface area contributed by atoms with Crippen LogP contribution < -0.4 is 11.1 Å². The molecule has 0 aliphatic heterocycles. The quantitative estimate of drug-likeness (QED) is 0.721. The molecule has 1 rings (SSSR count). The summed E-state index contributed by atoms with van der Waals surface area (Å²) in [5, 5.41) is 11.9. The van der Waals surface area contributed by atoms with E-state index in [1.807, 2.05) is 6.92 Å². The maximum absolute atomic E-state index is 11.9. The third-order valence-electron chi connectivity index (χ3n) is 2.75.